The van der Waals surface area contributed by atoms with E-state index in [2.05, 4.69) is 45.9 Å². The second kappa shape index (κ2) is 12.4. The zero-order valence-corrected chi connectivity index (χ0v) is 21.8. The van der Waals surface area contributed by atoms with Gasteiger partial charge in [0.1, 0.15) is 12.4 Å². The van der Waals surface area contributed by atoms with Crippen molar-refractivity contribution >= 4 is 27.7 Å². The predicted molar refractivity (Wildman–Crippen MR) is 150 cm³/mol. The molecule has 7 heteroatoms. The van der Waals surface area contributed by atoms with Gasteiger partial charge in [-0.1, -0.05) is 48.5 Å². The highest BCUT2D eigenvalue weighted by molar-refractivity contribution is 6.07. The van der Waals surface area contributed by atoms with Gasteiger partial charge in [0.25, 0.3) is 0 Å². The van der Waals surface area contributed by atoms with E-state index in [-0.39, 0.29) is 12.5 Å². The van der Waals surface area contributed by atoms with Crippen molar-refractivity contribution in [1.29, 1.82) is 0 Å². The molecular formula is C31H37N3O4. The molecule has 4 aromatic rings. The molecule has 0 unspecified atom stereocenters. The number of hydrogen-bond acceptors (Lipinski definition) is 5. The Bertz CT molecular complexity index is 1300. The van der Waals surface area contributed by atoms with E-state index in [0.29, 0.717) is 52.2 Å². The molecule has 1 fully saturated rings. The van der Waals surface area contributed by atoms with Gasteiger partial charge < -0.3 is 24.4 Å². The summed E-state index contributed by atoms with van der Waals surface area (Å²) in [6.45, 7) is 4.43. The predicted octanol–water partition coefficient (Wildman–Crippen LogP) is 4.04. The Hall–Kier alpha value is -3.39. The van der Waals surface area contributed by atoms with E-state index in [1.165, 1.54) is 10.8 Å². The van der Waals surface area contributed by atoms with E-state index in [1.54, 1.807) is 0 Å². The van der Waals surface area contributed by atoms with Crippen molar-refractivity contribution in [2.45, 2.75) is 38.5 Å². The minimum Gasteiger partial charge on any atom is -0.492 e. The van der Waals surface area contributed by atoms with Gasteiger partial charge in [-0.2, -0.15) is 0 Å². The number of ether oxygens (including phenoxy) is 1. The fourth-order valence-corrected chi connectivity index (χ4v) is 5.46. The van der Waals surface area contributed by atoms with Gasteiger partial charge >= 0.3 is 0 Å². The monoisotopic (exact) mass is 515 g/mol. The van der Waals surface area contributed by atoms with Crippen molar-refractivity contribution < 1.29 is 19.7 Å². The van der Waals surface area contributed by atoms with Crippen molar-refractivity contribution in [2.75, 3.05) is 39.4 Å². The lowest BCUT2D eigenvalue weighted by atomic mass is 10.2. The second-order valence-corrected chi connectivity index (χ2v) is 10.1. The summed E-state index contributed by atoms with van der Waals surface area (Å²) in [4.78, 5) is 15.8. The van der Waals surface area contributed by atoms with Crippen molar-refractivity contribution in [3.05, 3.63) is 78.4 Å². The summed E-state index contributed by atoms with van der Waals surface area (Å²) in [7, 11) is 0. The number of aromatic nitrogens is 1. The molecule has 1 aliphatic rings. The first-order valence-electron chi connectivity index (χ1n) is 13.6. The number of amides is 1. The molecular weight excluding hydrogens is 478 g/mol. The Morgan fingerprint density at radius 1 is 0.947 bits per heavy atom. The molecule has 1 amide bonds. The summed E-state index contributed by atoms with van der Waals surface area (Å²) in [6.07, 6.45) is 1.67. The molecule has 0 saturated carbocycles. The van der Waals surface area contributed by atoms with Gasteiger partial charge in [-0.15, -0.1) is 0 Å². The fourth-order valence-electron chi connectivity index (χ4n) is 5.46. The molecule has 0 radical (unpaired) electrons. The number of likely N-dealkylation sites (tertiary alicyclic amines) is 1. The second-order valence-electron chi connectivity index (χ2n) is 10.1. The number of carbonyl (C=O) groups excluding carboxylic acids is 1. The van der Waals surface area contributed by atoms with Crippen molar-refractivity contribution in [3.8, 4) is 5.75 Å². The highest BCUT2D eigenvalue weighted by Gasteiger charge is 2.20. The standard InChI is InChI=1S/C31H37N3O4/c35-19-6-16-32(21-24-12-14-26(15-13-24)38-20-18-33-17-5-11-31(33)37)22-25(36)23-34-29-9-3-1-7-27(29)28-8-2-4-10-30(28)34/h1-4,7-10,12-15,25,35-36H,5-6,11,16-23H2/t25-/m1/s1. The van der Waals surface area contributed by atoms with Gasteiger partial charge in [-0.05, 0) is 42.7 Å². The maximum Gasteiger partial charge on any atom is 0.222 e. The number of para-hydroxylation sites is 2. The third-order valence-corrected chi connectivity index (χ3v) is 7.31. The molecule has 3 aromatic carbocycles. The maximum absolute atomic E-state index is 11.8. The smallest absolute Gasteiger partial charge is 0.222 e. The van der Waals surface area contributed by atoms with Crippen LogP contribution in [0.15, 0.2) is 72.8 Å². The van der Waals surface area contributed by atoms with E-state index in [9.17, 15) is 15.0 Å². The Morgan fingerprint density at radius 2 is 1.63 bits per heavy atom. The quantitative estimate of drug-likeness (QED) is 0.281. The van der Waals surface area contributed by atoms with Gasteiger partial charge in [0.15, 0.2) is 0 Å². The van der Waals surface area contributed by atoms with Crippen molar-refractivity contribution in [1.82, 2.24) is 14.4 Å². The van der Waals surface area contributed by atoms with Crippen LogP contribution in [0.4, 0.5) is 0 Å². The summed E-state index contributed by atoms with van der Waals surface area (Å²) in [5.74, 6) is 1.00. The Kier molecular flexibility index (Phi) is 8.58. The molecule has 7 nitrogen and oxygen atoms in total. The topological polar surface area (TPSA) is 78.2 Å². The summed E-state index contributed by atoms with van der Waals surface area (Å²) >= 11 is 0. The van der Waals surface area contributed by atoms with Crippen LogP contribution < -0.4 is 4.74 Å². The van der Waals surface area contributed by atoms with Crippen LogP contribution in [0.25, 0.3) is 21.8 Å². The molecule has 2 N–H and O–H groups in total. The van der Waals surface area contributed by atoms with Gasteiger partial charge in [0.2, 0.25) is 5.91 Å². The largest absolute Gasteiger partial charge is 0.492 e. The van der Waals surface area contributed by atoms with E-state index >= 15 is 0 Å². The zero-order valence-electron chi connectivity index (χ0n) is 21.8. The van der Waals surface area contributed by atoms with Crippen LogP contribution >= 0.6 is 0 Å². The van der Waals surface area contributed by atoms with Crippen LogP contribution in [-0.2, 0) is 17.9 Å². The molecule has 0 bridgehead atoms. The van der Waals surface area contributed by atoms with Gasteiger partial charge in [-0.3, -0.25) is 9.69 Å². The number of nitrogens with zero attached hydrogens (tertiary/aromatic N) is 3. The van der Waals surface area contributed by atoms with Gasteiger partial charge in [0, 0.05) is 61.0 Å². The maximum atomic E-state index is 11.8. The lowest BCUT2D eigenvalue weighted by Crippen LogP contribution is -2.35. The summed E-state index contributed by atoms with van der Waals surface area (Å²) in [6, 6.07) is 24.7. The first-order valence-corrected chi connectivity index (χ1v) is 13.6. The Labute approximate surface area is 223 Å². The number of rotatable bonds is 13. The van der Waals surface area contributed by atoms with Crippen LogP contribution in [0.2, 0.25) is 0 Å². The Balaban J connectivity index is 1.20. The molecule has 0 aliphatic carbocycles. The minimum absolute atomic E-state index is 0.117. The van der Waals surface area contributed by atoms with Gasteiger partial charge in [0.05, 0.1) is 19.2 Å². The third-order valence-electron chi connectivity index (χ3n) is 7.31. The van der Waals surface area contributed by atoms with Crippen LogP contribution in [0.1, 0.15) is 24.8 Å². The minimum atomic E-state index is -0.566. The molecule has 38 heavy (non-hydrogen) atoms. The average molecular weight is 516 g/mol. The van der Waals surface area contributed by atoms with Crippen molar-refractivity contribution in [2.24, 2.45) is 0 Å². The lowest BCUT2D eigenvalue weighted by molar-refractivity contribution is -0.128. The van der Waals surface area contributed by atoms with E-state index in [4.69, 9.17) is 4.74 Å². The van der Waals surface area contributed by atoms with Crippen LogP contribution in [0.3, 0.4) is 0 Å². The normalized spacial score (nSPS) is 14.7. The molecule has 2 heterocycles. The van der Waals surface area contributed by atoms with Crippen LogP contribution in [0.5, 0.6) is 5.75 Å². The fraction of sp³-hybridized carbons (Fsp3) is 0.387. The molecule has 1 atom stereocenters. The molecule has 5 rings (SSSR count). The Morgan fingerprint density at radius 3 is 2.26 bits per heavy atom. The highest BCUT2D eigenvalue weighted by atomic mass is 16.5. The number of aliphatic hydroxyl groups is 2. The summed E-state index contributed by atoms with van der Waals surface area (Å²) < 4.78 is 8.06. The number of fused-ring (bicyclic) bond motifs is 3. The number of hydrogen-bond donors (Lipinski definition) is 2. The van der Waals surface area contributed by atoms with E-state index in [0.717, 1.165) is 35.3 Å². The molecule has 1 saturated heterocycles. The lowest BCUT2D eigenvalue weighted by Gasteiger charge is -2.26. The molecule has 1 aromatic heterocycles. The van der Waals surface area contributed by atoms with Crippen molar-refractivity contribution in [3.63, 3.8) is 0 Å². The first-order chi connectivity index (χ1) is 18.6. The first kappa shape index (κ1) is 26.2. The highest BCUT2D eigenvalue weighted by Crippen LogP contribution is 2.29. The molecule has 0 spiro atoms. The van der Waals surface area contributed by atoms with Crippen LogP contribution in [0, 0.1) is 0 Å². The van der Waals surface area contributed by atoms with E-state index in [1.807, 2.05) is 41.3 Å². The number of benzene rings is 3. The number of carbonyl (C=O) groups is 1. The zero-order chi connectivity index (χ0) is 26.3. The van der Waals surface area contributed by atoms with Gasteiger partial charge in [-0.25, -0.2) is 0 Å². The summed E-state index contributed by atoms with van der Waals surface area (Å²) in [5.41, 5.74) is 3.37. The molecule has 200 valence electrons. The van der Waals surface area contributed by atoms with Crippen LogP contribution in [-0.4, -0.2) is 76.0 Å². The number of aliphatic hydroxyl groups excluding tert-OH is 2. The average Bonchev–Trinajstić information content (AvgIpc) is 3.49. The SMILES string of the molecule is O=C1CCCN1CCOc1ccc(CN(CCCO)C[C@@H](O)Cn2c3ccccc3c3ccccc32)cc1. The molecule has 1 aliphatic heterocycles. The third kappa shape index (κ3) is 6.18. The summed E-state index contributed by atoms with van der Waals surface area (Å²) in [5, 5.41) is 23.0. The van der Waals surface area contributed by atoms with E-state index < -0.39 is 6.10 Å².